The Morgan fingerprint density at radius 3 is 2.27 bits per heavy atom. The molecular weight excluding hydrogens is 386 g/mol. The van der Waals surface area contributed by atoms with Crippen molar-refractivity contribution in [3.63, 3.8) is 0 Å². The highest BCUT2D eigenvalue weighted by molar-refractivity contribution is 5.81. The Bertz CT molecular complexity index is 643. The molecular formula is C23H37NO6. The third kappa shape index (κ3) is 9.48. The summed E-state index contributed by atoms with van der Waals surface area (Å²) in [4.78, 5) is 24.5. The van der Waals surface area contributed by atoms with Crippen molar-refractivity contribution >= 4 is 12.1 Å². The van der Waals surface area contributed by atoms with Crippen LogP contribution in [-0.2, 0) is 19.0 Å². The molecule has 170 valence electrons. The summed E-state index contributed by atoms with van der Waals surface area (Å²) in [6, 6.07) is 8.60. The predicted octanol–water partition coefficient (Wildman–Crippen LogP) is 4.34. The van der Waals surface area contributed by atoms with Crippen LogP contribution in [0.4, 0.5) is 4.79 Å². The van der Waals surface area contributed by atoms with Crippen LogP contribution in [0.25, 0.3) is 0 Å². The second kappa shape index (κ2) is 12.4. The number of amides is 1. The number of nitrogens with one attached hydrogen (secondary N) is 1. The average Bonchev–Trinajstić information content (AvgIpc) is 2.66. The van der Waals surface area contributed by atoms with Gasteiger partial charge in [-0.1, -0.05) is 25.1 Å². The van der Waals surface area contributed by atoms with Crippen LogP contribution in [0.2, 0.25) is 0 Å². The molecule has 30 heavy (non-hydrogen) atoms. The zero-order chi connectivity index (χ0) is 22.7. The molecule has 0 bridgehead atoms. The molecule has 0 heterocycles. The Hall–Kier alpha value is -2.28. The van der Waals surface area contributed by atoms with E-state index in [4.69, 9.17) is 18.9 Å². The number of rotatable bonds is 11. The van der Waals surface area contributed by atoms with Crippen molar-refractivity contribution in [1.29, 1.82) is 0 Å². The summed E-state index contributed by atoms with van der Waals surface area (Å²) >= 11 is 0. The van der Waals surface area contributed by atoms with Crippen molar-refractivity contribution in [1.82, 2.24) is 5.32 Å². The summed E-state index contributed by atoms with van der Waals surface area (Å²) in [7, 11) is 1.66. The SMILES string of the molecule is CC[C@@H](CCOC)[C@@H](Oc1ccccc1)[C@H](C)OC(=O)[C@H](C)NC(=O)OC(C)(C)C. The quantitative estimate of drug-likeness (QED) is 0.533. The fraction of sp³-hybridized carbons (Fsp3) is 0.652. The van der Waals surface area contributed by atoms with Crippen LogP contribution in [0, 0.1) is 5.92 Å². The molecule has 4 atom stereocenters. The monoisotopic (exact) mass is 423 g/mol. The molecule has 1 N–H and O–H groups in total. The Kier molecular flexibility index (Phi) is 10.7. The van der Waals surface area contributed by atoms with E-state index in [1.165, 1.54) is 0 Å². The molecule has 7 nitrogen and oxygen atoms in total. The maximum absolute atomic E-state index is 12.6. The zero-order valence-corrected chi connectivity index (χ0v) is 19.3. The number of alkyl carbamates (subject to hydrolysis) is 1. The van der Waals surface area contributed by atoms with Gasteiger partial charge in [-0.25, -0.2) is 9.59 Å². The Morgan fingerprint density at radius 1 is 1.10 bits per heavy atom. The van der Waals surface area contributed by atoms with E-state index in [1.54, 1.807) is 41.7 Å². The van der Waals surface area contributed by atoms with Crippen molar-refractivity contribution in [3.8, 4) is 5.75 Å². The lowest BCUT2D eigenvalue weighted by Crippen LogP contribution is -2.46. The third-order valence-corrected chi connectivity index (χ3v) is 4.55. The van der Waals surface area contributed by atoms with Gasteiger partial charge in [0, 0.05) is 19.6 Å². The Balaban J connectivity index is 2.82. The average molecular weight is 424 g/mol. The molecule has 0 aromatic heterocycles. The molecule has 0 aliphatic carbocycles. The second-order valence-corrected chi connectivity index (χ2v) is 8.36. The molecule has 7 heteroatoms. The number of benzene rings is 1. The normalized spacial score (nSPS) is 15.4. The first-order chi connectivity index (χ1) is 14.1. The van der Waals surface area contributed by atoms with Crippen molar-refractivity contribution in [2.24, 2.45) is 5.92 Å². The predicted molar refractivity (Wildman–Crippen MR) is 116 cm³/mol. The van der Waals surface area contributed by atoms with E-state index in [-0.39, 0.29) is 12.0 Å². The summed E-state index contributed by atoms with van der Waals surface area (Å²) < 4.78 is 22.3. The molecule has 0 saturated carbocycles. The van der Waals surface area contributed by atoms with Crippen molar-refractivity contribution < 1.29 is 28.5 Å². The molecule has 0 aliphatic heterocycles. The van der Waals surface area contributed by atoms with Crippen LogP contribution in [-0.4, -0.2) is 49.6 Å². The molecule has 0 aliphatic rings. The fourth-order valence-electron chi connectivity index (χ4n) is 3.00. The van der Waals surface area contributed by atoms with Gasteiger partial charge in [0.25, 0.3) is 0 Å². The molecule has 0 fully saturated rings. The maximum Gasteiger partial charge on any atom is 0.408 e. The van der Waals surface area contributed by atoms with Gasteiger partial charge in [-0.3, -0.25) is 0 Å². The largest absolute Gasteiger partial charge is 0.486 e. The number of para-hydroxylation sites is 1. The highest BCUT2D eigenvalue weighted by Gasteiger charge is 2.32. The standard InChI is InChI=1S/C23H37NO6/c1-8-18(14-15-27-7)20(29-19-12-10-9-11-13-19)17(3)28-21(25)16(2)24-22(26)30-23(4,5)6/h9-13,16-18,20H,8,14-15H2,1-7H3,(H,24,26)/t16-,17-,18-,20-/m0/s1. The Labute approximate surface area is 180 Å². The van der Waals surface area contributed by atoms with Gasteiger partial charge < -0.3 is 24.3 Å². The lowest BCUT2D eigenvalue weighted by molar-refractivity contribution is -0.156. The lowest BCUT2D eigenvalue weighted by atomic mass is 9.92. The number of methoxy groups -OCH3 is 1. The molecule has 1 aromatic carbocycles. The van der Waals surface area contributed by atoms with Gasteiger partial charge in [-0.15, -0.1) is 0 Å². The molecule has 0 radical (unpaired) electrons. The van der Waals surface area contributed by atoms with Crippen LogP contribution in [0.3, 0.4) is 0 Å². The molecule has 0 saturated heterocycles. The minimum atomic E-state index is -0.848. The first-order valence-electron chi connectivity index (χ1n) is 10.5. The smallest absolute Gasteiger partial charge is 0.408 e. The van der Waals surface area contributed by atoms with Crippen LogP contribution in [0.15, 0.2) is 30.3 Å². The second-order valence-electron chi connectivity index (χ2n) is 8.36. The number of carbonyl (C=O) groups excluding carboxylic acids is 2. The van der Waals surface area contributed by atoms with Crippen molar-refractivity contribution in [2.45, 2.75) is 78.2 Å². The van der Waals surface area contributed by atoms with Crippen LogP contribution in [0.5, 0.6) is 5.75 Å². The van der Waals surface area contributed by atoms with Crippen LogP contribution < -0.4 is 10.1 Å². The van der Waals surface area contributed by atoms with Gasteiger partial charge in [-0.05, 0) is 59.6 Å². The molecule has 1 rings (SSSR count). The molecule has 1 aromatic rings. The first-order valence-corrected chi connectivity index (χ1v) is 10.5. The first kappa shape index (κ1) is 25.8. The van der Waals surface area contributed by atoms with Crippen LogP contribution in [0.1, 0.15) is 54.4 Å². The summed E-state index contributed by atoms with van der Waals surface area (Å²) in [5.41, 5.74) is -0.648. The van der Waals surface area contributed by atoms with Gasteiger partial charge in [0.15, 0.2) is 0 Å². The number of hydrogen-bond acceptors (Lipinski definition) is 6. The molecule has 0 spiro atoms. The van der Waals surface area contributed by atoms with E-state index in [0.717, 1.165) is 12.8 Å². The van der Waals surface area contributed by atoms with E-state index in [2.05, 4.69) is 12.2 Å². The number of esters is 1. The van der Waals surface area contributed by atoms with Gasteiger partial charge in [0.1, 0.15) is 29.6 Å². The summed E-state index contributed by atoms with van der Waals surface area (Å²) in [5.74, 6) is 0.292. The molecule has 1 amide bonds. The lowest BCUT2D eigenvalue weighted by Gasteiger charge is -2.32. The van der Waals surface area contributed by atoms with Crippen LogP contribution >= 0.6 is 0 Å². The number of carbonyl (C=O) groups is 2. The van der Waals surface area contributed by atoms with E-state index >= 15 is 0 Å². The van der Waals surface area contributed by atoms with Gasteiger partial charge in [0.2, 0.25) is 0 Å². The highest BCUT2D eigenvalue weighted by atomic mass is 16.6. The highest BCUT2D eigenvalue weighted by Crippen LogP contribution is 2.24. The van der Waals surface area contributed by atoms with E-state index < -0.39 is 29.8 Å². The number of ether oxygens (including phenoxy) is 4. The molecule has 0 unspecified atom stereocenters. The summed E-state index contributed by atoms with van der Waals surface area (Å²) in [5, 5.41) is 2.51. The van der Waals surface area contributed by atoms with Gasteiger partial charge in [0.05, 0.1) is 0 Å². The number of hydrogen-bond donors (Lipinski definition) is 1. The van der Waals surface area contributed by atoms with E-state index in [0.29, 0.717) is 12.4 Å². The van der Waals surface area contributed by atoms with Gasteiger partial charge >= 0.3 is 12.1 Å². The third-order valence-electron chi connectivity index (χ3n) is 4.55. The van der Waals surface area contributed by atoms with Crippen molar-refractivity contribution in [2.75, 3.05) is 13.7 Å². The van der Waals surface area contributed by atoms with Gasteiger partial charge in [-0.2, -0.15) is 0 Å². The minimum absolute atomic E-state index is 0.127. The fourth-order valence-corrected chi connectivity index (χ4v) is 3.00. The maximum atomic E-state index is 12.6. The Morgan fingerprint density at radius 2 is 1.73 bits per heavy atom. The van der Waals surface area contributed by atoms with E-state index in [9.17, 15) is 9.59 Å². The summed E-state index contributed by atoms with van der Waals surface area (Å²) in [6.07, 6.45) is 0.0721. The summed E-state index contributed by atoms with van der Waals surface area (Å²) in [6.45, 7) is 11.3. The zero-order valence-electron chi connectivity index (χ0n) is 19.3. The topological polar surface area (TPSA) is 83.1 Å². The van der Waals surface area contributed by atoms with E-state index in [1.807, 2.05) is 30.3 Å². The van der Waals surface area contributed by atoms with Crippen molar-refractivity contribution in [3.05, 3.63) is 30.3 Å². The minimum Gasteiger partial charge on any atom is -0.486 e.